The van der Waals surface area contributed by atoms with Gasteiger partial charge in [-0.1, -0.05) is 59.7 Å². The van der Waals surface area contributed by atoms with E-state index >= 15 is 0 Å². The van der Waals surface area contributed by atoms with E-state index in [1.54, 1.807) is 0 Å². The summed E-state index contributed by atoms with van der Waals surface area (Å²) in [4.78, 5) is 11.7. The second-order valence-corrected chi connectivity index (χ2v) is 5.91. The molecule has 0 radical (unpaired) electrons. The molecule has 0 fully saturated rings. The van der Waals surface area contributed by atoms with E-state index in [2.05, 4.69) is 37.3 Å². The van der Waals surface area contributed by atoms with Crippen LogP contribution >= 0.6 is 0 Å². The number of unbranched alkanes of at least 4 members (excludes halogenated alkanes) is 1. The van der Waals surface area contributed by atoms with Gasteiger partial charge in [0.2, 0.25) is 0 Å². The van der Waals surface area contributed by atoms with E-state index in [0.29, 0.717) is 0 Å². The van der Waals surface area contributed by atoms with Crippen molar-refractivity contribution >= 4 is 12.0 Å². The van der Waals surface area contributed by atoms with Gasteiger partial charge >= 0.3 is 5.97 Å². The Kier molecular flexibility index (Phi) is 8.74. The average molecular weight is 312 g/mol. The maximum Gasteiger partial charge on any atom is 0.333 e. The molecule has 0 saturated carbocycles. The van der Waals surface area contributed by atoms with Gasteiger partial charge in [-0.15, -0.1) is 0 Å². The topological polar surface area (TPSA) is 26.3 Å². The molecule has 0 heterocycles. The van der Waals surface area contributed by atoms with Crippen molar-refractivity contribution in [2.45, 2.75) is 46.5 Å². The van der Waals surface area contributed by atoms with Crippen molar-refractivity contribution in [1.82, 2.24) is 0 Å². The molecule has 0 saturated heterocycles. The fourth-order valence-electron chi connectivity index (χ4n) is 2.31. The van der Waals surface area contributed by atoms with Crippen LogP contribution in [-0.4, -0.2) is 13.1 Å². The largest absolute Gasteiger partial charge is 0.466 e. The van der Waals surface area contributed by atoms with Crippen molar-refractivity contribution in [3.63, 3.8) is 0 Å². The lowest BCUT2D eigenvalue weighted by Crippen LogP contribution is -2.06. The first kappa shape index (κ1) is 19.0. The second-order valence-electron chi connectivity index (χ2n) is 5.91. The number of hydrogen-bond acceptors (Lipinski definition) is 2. The van der Waals surface area contributed by atoms with Gasteiger partial charge in [0.05, 0.1) is 7.11 Å². The molecule has 1 aromatic carbocycles. The van der Waals surface area contributed by atoms with Gasteiger partial charge in [-0.25, -0.2) is 4.79 Å². The first-order valence-electron chi connectivity index (χ1n) is 8.16. The van der Waals surface area contributed by atoms with Gasteiger partial charge in [-0.2, -0.15) is 0 Å². The number of esters is 1. The normalized spacial score (nSPS) is 11.6. The number of hydrogen-bond donors (Lipinski definition) is 0. The first-order valence-corrected chi connectivity index (χ1v) is 8.16. The molecule has 0 spiro atoms. The molecule has 2 nitrogen and oxygen atoms in total. The number of carbonyl (C=O) groups excluding carboxylic acids is 1. The maximum absolute atomic E-state index is 11.7. The Balaban J connectivity index is 2.39. The monoisotopic (exact) mass is 312 g/mol. The minimum Gasteiger partial charge on any atom is -0.466 e. The Labute approximate surface area is 140 Å². The molecule has 124 valence electrons. The summed E-state index contributed by atoms with van der Waals surface area (Å²) in [7, 11) is 1.44. The van der Waals surface area contributed by atoms with Gasteiger partial charge in [0.25, 0.3) is 0 Å². The number of methoxy groups -OCH3 is 1. The molecule has 0 atom stereocenters. The highest BCUT2D eigenvalue weighted by molar-refractivity contribution is 5.89. The molecule has 1 aromatic rings. The van der Waals surface area contributed by atoms with Gasteiger partial charge < -0.3 is 4.74 Å². The quantitative estimate of drug-likeness (QED) is 0.266. The molecule has 23 heavy (non-hydrogen) atoms. The van der Waals surface area contributed by atoms with Crippen LogP contribution in [0.2, 0.25) is 0 Å². The highest BCUT2D eigenvalue weighted by Gasteiger charge is 2.10. The molecule has 0 aromatic heterocycles. The maximum atomic E-state index is 11.7. The highest BCUT2D eigenvalue weighted by Crippen LogP contribution is 2.17. The van der Waals surface area contributed by atoms with Crippen LogP contribution in [0.15, 0.2) is 59.2 Å². The molecule has 0 aliphatic heterocycles. The zero-order valence-electron chi connectivity index (χ0n) is 14.8. The summed E-state index contributed by atoms with van der Waals surface area (Å²) in [5, 5.41) is 0. The van der Waals surface area contributed by atoms with Gasteiger partial charge in [0.1, 0.15) is 0 Å². The Bertz CT molecular complexity index is 573. The molecule has 1 rings (SSSR count). The van der Waals surface area contributed by atoms with E-state index in [9.17, 15) is 4.79 Å². The van der Waals surface area contributed by atoms with Gasteiger partial charge in [-0.3, -0.25) is 0 Å². The SMILES string of the molecule is COC(=O)C(CCC(C)=CCCC=Cc1ccccc1)=C(C)C. The van der Waals surface area contributed by atoms with Crippen LogP contribution in [0.3, 0.4) is 0 Å². The summed E-state index contributed by atoms with van der Waals surface area (Å²) >= 11 is 0. The zero-order valence-corrected chi connectivity index (χ0v) is 14.8. The number of carbonyl (C=O) groups is 1. The third-order valence-corrected chi connectivity index (χ3v) is 3.74. The van der Waals surface area contributed by atoms with Crippen molar-refractivity contribution in [2.75, 3.05) is 7.11 Å². The Hall–Kier alpha value is -2.09. The average Bonchev–Trinajstić information content (AvgIpc) is 2.55. The number of ether oxygens (including phenoxy) is 1. The second kappa shape index (κ2) is 10.6. The van der Waals surface area contributed by atoms with Crippen LogP contribution in [0.4, 0.5) is 0 Å². The van der Waals surface area contributed by atoms with Crippen molar-refractivity contribution in [3.05, 3.63) is 64.8 Å². The fourth-order valence-corrected chi connectivity index (χ4v) is 2.31. The lowest BCUT2D eigenvalue weighted by atomic mass is 10.0. The van der Waals surface area contributed by atoms with E-state index < -0.39 is 0 Å². The smallest absolute Gasteiger partial charge is 0.333 e. The van der Waals surface area contributed by atoms with Crippen LogP contribution in [0.1, 0.15) is 52.0 Å². The summed E-state index contributed by atoms with van der Waals surface area (Å²) in [6, 6.07) is 10.3. The molecular weight excluding hydrogens is 284 g/mol. The van der Waals surface area contributed by atoms with Crippen LogP contribution in [0.25, 0.3) is 6.08 Å². The minimum atomic E-state index is -0.205. The van der Waals surface area contributed by atoms with E-state index in [1.807, 2.05) is 32.0 Å². The van der Waals surface area contributed by atoms with Crippen molar-refractivity contribution in [1.29, 1.82) is 0 Å². The predicted octanol–water partition coefficient (Wildman–Crippen LogP) is 5.72. The van der Waals surface area contributed by atoms with Crippen molar-refractivity contribution in [3.8, 4) is 0 Å². The minimum absolute atomic E-state index is 0.205. The molecular formula is C21H28O2. The third kappa shape index (κ3) is 7.64. The third-order valence-electron chi connectivity index (χ3n) is 3.74. The molecule has 0 unspecified atom stereocenters. The lowest BCUT2D eigenvalue weighted by Gasteiger charge is -2.08. The summed E-state index contributed by atoms with van der Waals surface area (Å²) in [5.74, 6) is -0.205. The molecule has 0 bridgehead atoms. The standard InChI is InChI=1S/C21H28O2/c1-17(2)20(21(22)23-4)16-15-18(3)11-7-5-8-12-19-13-9-6-10-14-19/h6,8-14H,5,7,15-16H2,1-4H3. The van der Waals surface area contributed by atoms with E-state index in [-0.39, 0.29) is 5.97 Å². The lowest BCUT2D eigenvalue weighted by molar-refractivity contribution is -0.136. The summed E-state index contributed by atoms with van der Waals surface area (Å²) in [5.41, 5.74) is 4.39. The van der Waals surface area contributed by atoms with Crippen LogP contribution < -0.4 is 0 Å². The van der Waals surface area contributed by atoms with Crippen LogP contribution in [-0.2, 0) is 9.53 Å². The molecule has 0 aliphatic rings. The van der Waals surface area contributed by atoms with E-state index in [0.717, 1.165) is 36.8 Å². The van der Waals surface area contributed by atoms with Crippen molar-refractivity contribution < 1.29 is 9.53 Å². The highest BCUT2D eigenvalue weighted by atomic mass is 16.5. The predicted molar refractivity (Wildman–Crippen MR) is 98.1 cm³/mol. The van der Waals surface area contributed by atoms with Crippen LogP contribution in [0.5, 0.6) is 0 Å². The summed E-state index contributed by atoms with van der Waals surface area (Å²) in [6.07, 6.45) is 10.3. The van der Waals surface area contributed by atoms with Gasteiger partial charge in [-0.05, 0) is 52.0 Å². The number of allylic oxidation sites excluding steroid dienone is 4. The Morgan fingerprint density at radius 3 is 2.35 bits per heavy atom. The van der Waals surface area contributed by atoms with Gasteiger partial charge in [0.15, 0.2) is 0 Å². The van der Waals surface area contributed by atoms with Gasteiger partial charge in [0, 0.05) is 5.57 Å². The molecule has 0 aliphatic carbocycles. The first-order chi connectivity index (χ1) is 11.0. The number of benzene rings is 1. The molecule has 2 heteroatoms. The Morgan fingerprint density at radius 1 is 1.04 bits per heavy atom. The Morgan fingerprint density at radius 2 is 1.74 bits per heavy atom. The van der Waals surface area contributed by atoms with E-state index in [1.165, 1.54) is 18.2 Å². The van der Waals surface area contributed by atoms with E-state index in [4.69, 9.17) is 4.74 Å². The molecule has 0 N–H and O–H groups in total. The summed E-state index contributed by atoms with van der Waals surface area (Å²) < 4.78 is 4.84. The fraction of sp³-hybridized carbons (Fsp3) is 0.381. The number of rotatable bonds is 8. The van der Waals surface area contributed by atoms with Crippen molar-refractivity contribution in [2.24, 2.45) is 0 Å². The molecule has 0 amide bonds. The zero-order chi connectivity index (χ0) is 17.1. The summed E-state index contributed by atoms with van der Waals surface area (Å²) in [6.45, 7) is 6.04. The van der Waals surface area contributed by atoms with Crippen LogP contribution in [0, 0.1) is 0 Å².